The van der Waals surface area contributed by atoms with E-state index in [1.807, 2.05) is 31.2 Å². The highest BCUT2D eigenvalue weighted by Gasteiger charge is 2.21. The topological polar surface area (TPSA) is 84.1 Å². The van der Waals surface area contributed by atoms with Gasteiger partial charge in [-0.05, 0) is 30.2 Å². The number of hydrogen-bond acceptors (Lipinski definition) is 4. The zero-order valence-electron chi connectivity index (χ0n) is 14.1. The number of benzene rings is 1. The summed E-state index contributed by atoms with van der Waals surface area (Å²) in [5.41, 5.74) is 3.19. The molecule has 3 aromatic rings. The standard InChI is InChI=1S/C19H19N3O3/c1-12-5-3-6-13-9-16(21-18(12)13)19(24)22-15(10-17(23)25-2)14-7-4-8-20-11-14/h3-9,11,15,21H,10H2,1-2H3,(H,22,24)/t15-/m1/s1. The third-order valence-corrected chi connectivity index (χ3v) is 4.10. The van der Waals surface area contributed by atoms with Crippen molar-refractivity contribution in [2.75, 3.05) is 7.11 Å². The van der Waals surface area contributed by atoms with Gasteiger partial charge in [0, 0.05) is 23.3 Å². The van der Waals surface area contributed by atoms with Crippen LogP contribution >= 0.6 is 0 Å². The van der Waals surface area contributed by atoms with Gasteiger partial charge < -0.3 is 15.0 Å². The summed E-state index contributed by atoms with van der Waals surface area (Å²) >= 11 is 0. The normalized spacial score (nSPS) is 11.9. The molecule has 0 radical (unpaired) electrons. The number of nitrogens with zero attached hydrogens (tertiary/aromatic N) is 1. The third-order valence-electron chi connectivity index (χ3n) is 4.10. The van der Waals surface area contributed by atoms with Crippen LogP contribution < -0.4 is 5.32 Å². The van der Waals surface area contributed by atoms with Crippen LogP contribution in [0.1, 0.15) is 34.1 Å². The first-order valence-electron chi connectivity index (χ1n) is 7.94. The Hall–Kier alpha value is -3.15. The fourth-order valence-corrected chi connectivity index (χ4v) is 2.75. The number of carbonyl (C=O) groups is 2. The lowest BCUT2D eigenvalue weighted by Gasteiger charge is -2.17. The molecule has 0 saturated heterocycles. The number of ether oxygens (including phenoxy) is 1. The first kappa shape index (κ1) is 16.7. The van der Waals surface area contributed by atoms with Gasteiger partial charge in [0.25, 0.3) is 5.91 Å². The van der Waals surface area contributed by atoms with Crippen molar-refractivity contribution in [1.29, 1.82) is 0 Å². The molecule has 0 bridgehead atoms. The zero-order chi connectivity index (χ0) is 17.8. The minimum atomic E-state index is -0.513. The number of aryl methyl sites for hydroxylation is 1. The molecule has 1 aromatic carbocycles. The monoisotopic (exact) mass is 337 g/mol. The number of amides is 1. The van der Waals surface area contributed by atoms with Gasteiger partial charge in [-0.15, -0.1) is 0 Å². The number of carbonyl (C=O) groups excluding carboxylic acids is 2. The third kappa shape index (κ3) is 3.68. The summed E-state index contributed by atoms with van der Waals surface area (Å²) in [4.78, 5) is 31.6. The molecule has 3 rings (SSSR count). The van der Waals surface area contributed by atoms with Crippen molar-refractivity contribution >= 4 is 22.8 Å². The Labute approximate surface area is 145 Å². The highest BCUT2D eigenvalue weighted by molar-refractivity contribution is 5.99. The smallest absolute Gasteiger partial charge is 0.307 e. The lowest BCUT2D eigenvalue weighted by Crippen LogP contribution is -2.30. The van der Waals surface area contributed by atoms with Gasteiger partial charge in [0.15, 0.2) is 0 Å². The highest BCUT2D eigenvalue weighted by Crippen LogP contribution is 2.21. The molecule has 0 saturated carbocycles. The van der Waals surface area contributed by atoms with Crippen LogP contribution in [0.5, 0.6) is 0 Å². The summed E-state index contributed by atoms with van der Waals surface area (Å²) in [5, 5.41) is 3.85. The molecule has 2 aromatic heterocycles. The molecule has 6 nitrogen and oxygen atoms in total. The molecule has 0 aliphatic carbocycles. The number of aromatic amines is 1. The van der Waals surface area contributed by atoms with Crippen LogP contribution in [0.2, 0.25) is 0 Å². The molecule has 1 atom stereocenters. The molecule has 1 amide bonds. The lowest BCUT2D eigenvalue weighted by atomic mass is 10.1. The minimum absolute atomic E-state index is 0.0349. The number of rotatable bonds is 5. The maximum atomic E-state index is 12.7. The Balaban J connectivity index is 1.86. The summed E-state index contributed by atoms with van der Waals surface area (Å²) in [7, 11) is 1.32. The second-order valence-corrected chi connectivity index (χ2v) is 5.81. The Morgan fingerprint density at radius 1 is 1.28 bits per heavy atom. The van der Waals surface area contributed by atoms with Crippen LogP contribution in [0, 0.1) is 6.92 Å². The number of pyridine rings is 1. The highest BCUT2D eigenvalue weighted by atomic mass is 16.5. The van der Waals surface area contributed by atoms with Crippen LogP contribution in [0.4, 0.5) is 0 Å². The van der Waals surface area contributed by atoms with Gasteiger partial charge in [0.1, 0.15) is 5.69 Å². The van der Waals surface area contributed by atoms with Crippen molar-refractivity contribution in [1.82, 2.24) is 15.3 Å². The molecule has 2 heterocycles. The van der Waals surface area contributed by atoms with E-state index in [9.17, 15) is 9.59 Å². The van der Waals surface area contributed by atoms with E-state index in [4.69, 9.17) is 4.74 Å². The molecule has 0 unspecified atom stereocenters. The van der Waals surface area contributed by atoms with Crippen LogP contribution in [-0.2, 0) is 9.53 Å². The van der Waals surface area contributed by atoms with Gasteiger partial charge >= 0.3 is 5.97 Å². The van der Waals surface area contributed by atoms with Gasteiger partial charge in [-0.25, -0.2) is 0 Å². The van der Waals surface area contributed by atoms with Crippen LogP contribution in [0.25, 0.3) is 10.9 Å². The van der Waals surface area contributed by atoms with E-state index in [-0.39, 0.29) is 12.3 Å². The molecular formula is C19H19N3O3. The van der Waals surface area contributed by atoms with Crippen LogP contribution in [0.3, 0.4) is 0 Å². The van der Waals surface area contributed by atoms with Crippen molar-refractivity contribution in [3.63, 3.8) is 0 Å². The van der Waals surface area contributed by atoms with Gasteiger partial charge in [-0.1, -0.05) is 24.3 Å². The van der Waals surface area contributed by atoms with E-state index in [0.717, 1.165) is 22.0 Å². The quantitative estimate of drug-likeness (QED) is 0.701. The van der Waals surface area contributed by atoms with Crippen molar-refractivity contribution in [3.8, 4) is 0 Å². The molecule has 2 N–H and O–H groups in total. The number of para-hydroxylation sites is 1. The predicted octanol–water partition coefficient (Wildman–Crippen LogP) is 2.91. The number of H-pyrrole nitrogens is 1. The number of aromatic nitrogens is 2. The van der Waals surface area contributed by atoms with Crippen molar-refractivity contribution in [2.45, 2.75) is 19.4 Å². The van der Waals surface area contributed by atoms with Crippen LogP contribution in [0.15, 0.2) is 48.8 Å². The van der Waals surface area contributed by atoms with E-state index in [1.54, 1.807) is 24.5 Å². The molecule has 6 heteroatoms. The Kier molecular flexibility index (Phi) is 4.79. The summed E-state index contributed by atoms with van der Waals surface area (Å²) in [6.07, 6.45) is 3.30. The largest absolute Gasteiger partial charge is 0.469 e. The van der Waals surface area contributed by atoms with Crippen molar-refractivity contribution in [3.05, 3.63) is 65.6 Å². The maximum Gasteiger partial charge on any atom is 0.307 e. The molecule has 0 fully saturated rings. The van der Waals surface area contributed by atoms with E-state index >= 15 is 0 Å². The number of nitrogens with one attached hydrogen (secondary N) is 2. The fourth-order valence-electron chi connectivity index (χ4n) is 2.75. The Bertz CT molecular complexity index is 903. The number of esters is 1. The maximum absolute atomic E-state index is 12.7. The van der Waals surface area contributed by atoms with Crippen LogP contribution in [-0.4, -0.2) is 29.0 Å². The van der Waals surface area contributed by atoms with Gasteiger partial charge in [-0.2, -0.15) is 0 Å². The average molecular weight is 337 g/mol. The number of methoxy groups -OCH3 is 1. The Morgan fingerprint density at radius 2 is 2.12 bits per heavy atom. The average Bonchev–Trinajstić information content (AvgIpc) is 3.07. The second kappa shape index (κ2) is 7.17. The molecule has 25 heavy (non-hydrogen) atoms. The zero-order valence-corrected chi connectivity index (χ0v) is 14.1. The van der Waals surface area contributed by atoms with Crippen molar-refractivity contribution < 1.29 is 14.3 Å². The van der Waals surface area contributed by atoms with Gasteiger partial charge in [-0.3, -0.25) is 14.6 Å². The number of fused-ring (bicyclic) bond motifs is 1. The van der Waals surface area contributed by atoms with E-state index in [1.165, 1.54) is 7.11 Å². The molecule has 128 valence electrons. The van der Waals surface area contributed by atoms with E-state index < -0.39 is 12.0 Å². The molecule has 0 aliphatic heterocycles. The molecular weight excluding hydrogens is 318 g/mol. The van der Waals surface area contributed by atoms with Gasteiger partial charge in [0.05, 0.1) is 19.6 Å². The summed E-state index contributed by atoms with van der Waals surface area (Å²) in [5.74, 6) is -0.685. The first-order chi connectivity index (χ1) is 12.1. The first-order valence-corrected chi connectivity index (χ1v) is 7.94. The fraction of sp³-hybridized carbons (Fsp3) is 0.211. The lowest BCUT2D eigenvalue weighted by molar-refractivity contribution is -0.141. The second-order valence-electron chi connectivity index (χ2n) is 5.81. The minimum Gasteiger partial charge on any atom is -0.469 e. The summed E-state index contributed by atoms with van der Waals surface area (Å²) in [6, 6.07) is 10.7. The molecule has 0 aliphatic rings. The van der Waals surface area contributed by atoms with Gasteiger partial charge in [0.2, 0.25) is 0 Å². The number of hydrogen-bond donors (Lipinski definition) is 2. The predicted molar refractivity (Wildman–Crippen MR) is 94.1 cm³/mol. The van der Waals surface area contributed by atoms with E-state index in [0.29, 0.717) is 5.69 Å². The SMILES string of the molecule is COC(=O)C[C@@H](NC(=O)c1cc2cccc(C)c2[nH]1)c1cccnc1. The van der Waals surface area contributed by atoms with E-state index in [2.05, 4.69) is 15.3 Å². The summed E-state index contributed by atoms with van der Waals surface area (Å²) in [6.45, 7) is 1.98. The van der Waals surface area contributed by atoms with Crippen molar-refractivity contribution in [2.24, 2.45) is 0 Å². The molecule has 0 spiro atoms. The summed E-state index contributed by atoms with van der Waals surface area (Å²) < 4.78 is 4.73. The Morgan fingerprint density at radius 3 is 2.80 bits per heavy atom.